The Morgan fingerprint density at radius 2 is 1.91 bits per heavy atom. The number of nitrogens with zero attached hydrogens (tertiary/aromatic N) is 2. The molecule has 118 valence electrons. The van der Waals surface area contributed by atoms with Gasteiger partial charge in [-0.2, -0.15) is 0 Å². The fraction of sp³-hybridized carbons (Fsp3) is 0.529. The third kappa shape index (κ3) is 2.55. The molecule has 3 unspecified atom stereocenters. The average Bonchev–Trinajstić information content (AvgIpc) is 2.98. The molecule has 3 aliphatic rings. The molecule has 0 N–H and O–H groups in total. The molecule has 2 bridgehead atoms. The van der Waals surface area contributed by atoms with Gasteiger partial charge in [-0.3, -0.25) is 9.79 Å². The molecule has 4 rings (SSSR count). The highest BCUT2D eigenvalue weighted by atomic mass is 35.5. The molecule has 0 spiro atoms. The van der Waals surface area contributed by atoms with Crippen LogP contribution in [0.3, 0.4) is 0 Å². The predicted octanol–water partition coefficient (Wildman–Crippen LogP) is -0.341. The number of para-hydroxylation sites is 1. The number of carbonyl (C=O) groups is 1. The van der Waals surface area contributed by atoms with Crippen LogP contribution >= 0.6 is 0 Å². The Balaban J connectivity index is 0.00000144. The van der Waals surface area contributed by atoms with Crippen molar-refractivity contribution in [1.29, 1.82) is 0 Å². The smallest absolute Gasteiger partial charge is 0.319 e. The largest absolute Gasteiger partial charge is 1.00 e. The van der Waals surface area contributed by atoms with Crippen LogP contribution in [0.25, 0.3) is 0 Å². The standard InChI is InChI=1S/C17H20N2O2.ClH/c1-19-11-6-7-12(19)9-13(8-11)21-17(20)15-10-18-16-5-3-2-4-14(15)16;/h2-5,10-13,15H,6-9H2,1H3;1H/p-1. The van der Waals surface area contributed by atoms with E-state index in [2.05, 4.69) is 16.9 Å². The molecule has 5 heteroatoms. The summed E-state index contributed by atoms with van der Waals surface area (Å²) in [7, 11) is 2.19. The summed E-state index contributed by atoms with van der Waals surface area (Å²) in [4.78, 5) is 19.2. The Morgan fingerprint density at radius 1 is 1.23 bits per heavy atom. The first-order chi connectivity index (χ1) is 10.2. The molecule has 4 nitrogen and oxygen atoms in total. The lowest BCUT2D eigenvalue weighted by Gasteiger charge is -2.36. The van der Waals surface area contributed by atoms with Gasteiger partial charge >= 0.3 is 5.97 Å². The number of rotatable bonds is 2. The minimum atomic E-state index is -0.321. The van der Waals surface area contributed by atoms with Crippen LogP contribution in [0.2, 0.25) is 0 Å². The molecule has 3 aliphatic heterocycles. The molecule has 0 saturated carbocycles. The Hall–Kier alpha value is -1.39. The van der Waals surface area contributed by atoms with Crippen LogP contribution in [0.5, 0.6) is 0 Å². The van der Waals surface area contributed by atoms with Crippen molar-refractivity contribution in [2.75, 3.05) is 7.05 Å². The van der Waals surface area contributed by atoms with Crippen molar-refractivity contribution in [3.8, 4) is 0 Å². The highest BCUT2D eigenvalue weighted by Gasteiger charge is 2.40. The van der Waals surface area contributed by atoms with Crippen LogP contribution in [0.15, 0.2) is 29.3 Å². The average molecular weight is 320 g/mol. The number of benzene rings is 1. The zero-order valence-corrected chi connectivity index (χ0v) is 13.4. The molecular weight excluding hydrogens is 300 g/mol. The summed E-state index contributed by atoms with van der Waals surface area (Å²) in [5.74, 6) is -0.462. The molecule has 22 heavy (non-hydrogen) atoms. The van der Waals surface area contributed by atoms with Crippen LogP contribution < -0.4 is 12.4 Å². The van der Waals surface area contributed by atoms with E-state index in [1.54, 1.807) is 6.21 Å². The van der Waals surface area contributed by atoms with E-state index in [4.69, 9.17) is 4.74 Å². The van der Waals surface area contributed by atoms with Gasteiger partial charge in [0.25, 0.3) is 0 Å². The minimum Gasteiger partial charge on any atom is -1.00 e. The van der Waals surface area contributed by atoms with Gasteiger partial charge in [0.2, 0.25) is 0 Å². The number of esters is 1. The van der Waals surface area contributed by atoms with Gasteiger partial charge in [-0.1, -0.05) is 18.2 Å². The number of hydrogen-bond acceptors (Lipinski definition) is 4. The number of ether oxygens (including phenoxy) is 1. The van der Waals surface area contributed by atoms with E-state index in [-0.39, 0.29) is 30.4 Å². The zero-order valence-electron chi connectivity index (χ0n) is 12.6. The molecule has 2 saturated heterocycles. The molecule has 3 heterocycles. The summed E-state index contributed by atoms with van der Waals surface area (Å²) < 4.78 is 5.80. The van der Waals surface area contributed by atoms with Gasteiger partial charge in [-0.05, 0) is 44.4 Å². The summed E-state index contributed by atoms with van der Waals surface area (Å²) in [5, 5.41) is 0. The number of hydrogen-bond donors (Lipinski definition) is 0. The monoisotopic (exact) mass is 319 g/mol. The zero-order chi connectivity index (χ0) is 14.4. The molecule has 3 atom stereocenters. The molecule has 0 aromatic heterocycles. The normalized spacial score (nSPS) is 32.4. The maximum Gasteiger partial charge on any atom is 0.319 e. The molecule has 0 amide bonds. The number of carbonyl (C=O) groups excluding carboxylic acids is 1. The first-order valence-electron chi connectivity index (χ1n) is 7.78. The first kappa shape index (κ1) is 15.5. The van der Waals surface area contributed by atoms with E-state index in [1.165, 1.54) is 12.8 Å². The van der Waals surface area contributed by atoms with Gasteiger partial charge in [0.15, 0.2) is 0 Å². The molecular formula is C17H20ClN2O2-. The minimum absolute atomic E-state index is 0. The van der Waals surface area contributed by atoms with Crippen LogP contribution in [0.1, 0.15) is 37.2 Å². The highest BCUT2D eigenvalue weighted by molar-refractivity contribution is 6.01. The summed E-state index contributed by atoms with van der Waals surface area (Å²) >= 11 is 0. The highest BCUT2D eigenvalue weighted by Crippen LogP contribution is 2.37. The van der Waals surface area contributed by atoms with E-state index in [9.17, 15) is 4.79 Å². The van der Waals surface area contributed by atoms with Crippen molar-refractivity contribution in [2.24, 2.45) is 4.99 Å². The van der Waals surface area contributed by atoms with Crippen LogP contribution in [0, 0.1) is 0 Å². The number of halogens is 1. The second-order valence-corrected chi connectivity index (χ2v) is 6.40. The van der Waals surface area contributed by atoms with Crippen molar-refractivity contribution in [1.82, 2.24) is 4.90 Å². The quantitative estimate of drug-likeness (QED) is 0.700. The molecule has 2 fully saturated rings. The van der Waals surface area contributed by atoms with Gasteiger partial charge in [0.1, 0.15) is 12.0 Å². The topological polar surface area (TPSA) is 41.9 Å². The van der Waals surface area contributed by atoms with Gasteiger partial charge in [0, 0.05) is 18.3 Å². The molecule has 0 aliphatic carbocycles. The third-order valence-corrected chi connectivity index (χ3v) is 5.23. The van der Waals surface area contributed by atoms with Crippen molar-refractivity contribution in [2.45, 2.75) is 49.8 Å². The maximum absolute atomic E-state index is 12.5. The van der Waals surface area contributed by atoms with Gasteiger partial charge < -0.3 is 22.0 Å². The predicted molar refractivity (Wildman–Crippen MR) is 81.0 cm³/mol. The summed E-state index contributed by atoms with van der Waals surface area (Å²) in [6, 6.07) is 8.97. The van der Waals surface area contributed by atoms with Crippen LogP contribution in [0.4, 0.5) is 5.69 Å². The third-order valence-electron chi connectivity index (χ3n) is 5.23. The number of fused-ring (bicyclic) bond motifs is 3. The van der Waals surface area contributed by atoms with E-state index >= 15 is 0 Å². The molecule has 1 aromatic rings. The second-order valence-electron chi connectivity index (χ2n) is 6.40. The van der Waals surface area contributed by atoms with Crippen molar-refractivity contribution in [3.05, 3.63) is 29.8 Å². The fourth-order valence-corrected chi connectivity index (χ4v) is 3.99. The Bertz CT molecular complexity index is 590. The second kappa shape index (κ2) is 6.01. The van der Waals surface area contributed by atoms with Crippen molar-refractivity contribution >= 4 is 17.9 Å². The van der Waals surface area contributed by atoms with E-state index < -0.39 is 0 Å². The van der Waals surface area contributed by atoms with E-state index in [0.717, 1.165) is 24.1 Å². The first-order valence-corrected chi connectivity index (χ1v) is 7.78. The SMILES string of the molecule is CN1C2CCC1CC(OC(=O)C1C=Nc3ccccc31)C2.[Cl-]. The Kier molecular flexibility index (Phi) is 4.24. The summed E-state index contributed by atoms with van der Waals surface area (Å²) in [6.07, 6.45) is 6.23. The van der Waals surface area contributed by atoms with E-state index in [1.807, 2.05) is 24.3 Å². The Labute approximate surface area is 137 Å². The number of aliphatic imine (C=N–C) groups is 1. The van der Waals surface area contributed by atoms with Crippen LogP contribution in [-0.4, -0.2) is 42.3 Å². The fourth-order valence-electron chi connectivity index (χ4n) is 3.99. The molecule has 0 radical (unpaired) electrons. The lowest BCUT2D eigenvalue weighted by Crippen LogP contribution is -3.00. The molecule has 1 aromatic carbocycles. The maximum atomic E-state index is 12.5. The van der Waals surface area contributed by atoms with Gasteiger partial charge in [0.05, 0.1) is 5.69 Å². The van der Waals surface area contributed by atoms with Crippen molar-refractivity contribution in [3.63, 3.8) is 0 Å². The number of piperidine rings is 1. The van der Waals surface area contributed by atoms with Crippen LogP contribution in [-0.2, 0) is 9.53 Å². The van der Waals surface area contributed by atoms with Gasteiger partial charge in [-0.25, -0.2) is 0 Å². The Morgan fingerprint density at radius 3 is 2.64 bits per heavy atom. The lowest BCUT2D eigenvalue weighted by atomic mass is 9.99. The van der Waals surface area contributed by atoms with Crippen molar-refractivity contribution < 1.29 is 21.9 Å². The van der Waals surface area contributed by atoms with Gasteiger partial charge in [-0.15, -0.1) is 0 Å². The summed E-state index contributed by atoms with van der Waals surface area (Å²) in [6.45, 7) is 0. The van der Waals surface area contributed by atoms with E-state index in [0.29, 0.717) is 12.1 Å². The lowest BCUT2D eigenvalue weighted by molar-refractivity contribution is -0.152. The summed E-state index contributed by atoms with van der Waals surface area (Å²) in [5.41, 5.74) is 1.86.